The van der Waals surface area contributed by atoms with Crippen molar-refractivity contribution >= 4 is 30.2 Å². The quantitative estimate of drug-likeness (QED) is 0.422. The highest BCUT2D eigenvalue weighted by molar-refractivity contribution is 7.81. The van der Waals surface area contributed by atoms with Crippen LogP contribution in [-0.2, 0) is 4.74 Å². The number of hydrogen-bond acceptors (Lipinski definition) is 8. The fraction of sp³-hybridized carbons (Fsp3) is 0.474. The lowest BCUT2D eigenvalue weighted by molar-refractivity contribution is 0.0463. The molecule has 2 saturated heterocycles. The molecule has 11 heteroatoms. The molecule has 0 aliphatic carbocycles. The minimum atomic E-state index is -2.80. The third-order valence-corrected chi connectivity index (χ3v) is 4.88. The van der Waals surface area contributed by atoms with Crippen LogP contribution in [0.25, 0.3) is 17.5 Å². The van der Waals surface area contributed by atoms with Crippen molar-refractivity contribution in [2.45, 2.75) is 30.6 Å². The van der Waals surface area contributed by atoms with Crippen LogP contribution in [0.4, 0.5) is 14.6 Å². The number of nitrogens with one attached hydrogen (secondary N) is 2. The van der Waals surface area contributed by atoms with Crippen molar-refractivity contribution < 1.29 is 13.5 Å². The molecule has 0 bridgehead atoms. The summed E-state index contributed by atoms with van der Waals surface area (Å²) in [5, 5.41) is 7.64. The maximum Gasteiger partial charge on any atom is 0.279 e. The molecule has 8 nitrogen and oxygen atoms in total. The van der Waals surface area contributed by atoms with Gasteiger partial charge < -0.3 is 20.4 Å². The number of nitrogens with zero attached hydrogens (tertiary/aromatic N) is 4. The molecule has 1 unspecified atom stereocenters. The van der Waals surface area contributed by atoms with Crippen LogP contribution in [0.15, 0.2) is 24.7 Å². The van der Waals surface area contributed by atoms with Gasteiger partial charge in [0.15, 0.2) is 0 Å². The molecule has 2 fully saturated rings. The Balaban J connectivity index is 0.000000448. The molecule has 162 valence electrons. The van der Waals surface area contributed by atoms with E-state index in [1.807, 2.05) is 6.07 Å². The van der Waals surface area contributed by atoms with Crippen LogP contribution in [0.1, 0.15) is 18.7 Å². The number of allylic oxidation sites excluding steroid dienone is 1. The first-order valence-electron chi connectivity index (χ1n) is 9.61. The molecule has 4 rings (SSSR count). The number of aromatic amines is 1. The smallest absolute Gasteiger partial charge is 0.279 e. The number of ether oxygens (including phenoxy) is 1. The number of H-pyrrole nitrogens is 1. The van der Waals surface area contributed by atoms with E-state index in [-0.39, 0.29) is 6.04 Å². The van der Waals surface area contributed by atoms with Gasteiger partial charge in [0.25, 0.3) is 6.43 Å². The molecule has 0 amide bonds. The molecule has 2 aromatic rings. The summed E-state index contributed by atoms with van der Waals surface area (Å²) in [4.78, 5) is 17.8. The maximum absolute atomic E-state index is 12.3. The van der Waals surface area contributed by atoms with Gasteiger partial charge in [-0.05, 0) is 25.0 Å². The monoisotopic (exact) mass is 437 g/mol. The second kappa shape index (κ2) is 10.6. The summed E-state index contributed by atoms with van der Waals surface area (Å²) in [6.45, 7) is 3.35. The van der Waals surface area contributed by atoms with E-state index >= 15 is 0 Å². The molecule has 0 spiro atoms. The lowest BCUT2D eigenvalue weighted by Gasteiger charge is -2.31. The van der Waals surface area contributed by atoms with Gasteiger partial charge in [0, 0.05) is 30.4 Å². The van der Waals surface area contributed by atoms with Gasteiger partial charge in [-0.2, -0.15) is 12.6 Å². The van der Waals surface area contributed by atoms with E-state index in [0.717, 1.165) is 51.0 Å². The van der Waals surface area contributed by atoms with Gasteiger partial charge in [0.2, 0.25) is 0 Å². The van der Waals surface area contributed by atoms with Crippen LogP contribution >= 0.6 is 12.6 Å². The number of hydrogen-bond donors (Lipinski definition) is 4. The third kappa shape index (κ3) is 6.31. The van der Waals surface area contributed by atoms with Crippen LogP contribution in [0.3, 0.4) is 0 Å². The van der Waals surface area contributed by atoms with Crippen molar-refractivity contribution in [2.75, 3.05) is 31.2 Å². The highest BCUT2D eigenvalue weighted by Gasteiger charge is 2.18. The fourth-order valence-corrected chi connectivity index (χ4v) is 3.11. The summed E-state index contributed by atoms with van der Waals surface area (Å²) < 4.78 is 29.4. The first kappa shape index (κ1) is 22.3. The number of piperidine rings is 1. The second-order valence-electron chi connectivity index (χ2n) is 7.07. The molecule has 2 aromatic heterocycles. The van der Waals surface area contributed by atoms with Crippen LogP contribution in [-0.4, -0.2) is 69.7 Å². The molecule has 0 radical (unpaired) electrons. The zero-order valence-electron chi connectivity index (χ0n) is 16.3. The van der Waals surface area contributed by atoms with Crippen LogP contribution in [0, 0.1) is 5.41 Å². The van der Waals surface area contributed by atoms with E-state index < -0.39 is 12.1 Å². The first-order chi connectivity index (χ1) is 14.4. The minimum absolute atomic E-state index is 0.140. The number of thiol groups is 1. The SMILES string of the molecule is N=C(/C=C\c1ncc(-c2cc(N3CCCC(N)C3)ncn2)[nH]1)C(F)F.SC1COC1. The predicted octanol–water partition coefficient (Wildman–Crippen LogP) is 2.41. The highest BCUT2D eigenvalue weighted by atomic mass is 32.1. The lowest BCUT2D eigenvalue weighted by atomic mass is 10.1. The van der Waals surface area contributed by atoms with E-state index in [0.29, 0.717) is 22.5 Å². The largest absolute Gasteiger partial charge is 0.379 e. The fourth-order valence-electron chi connectivity index (χ4n) is 2.90. The summed E-state index contributed by atoms with van der Waals surface area (Å²) in [5.41, 5.74) is 6.55. The van der Waals surface area contributed by atoms with Gasteiger partial charge in [-0.1, -0.05) is 0 Å². The topological polar surface area (TPSA) is 117 Å². The Bertz CT molecular complexity index is 872. The number of nitrogens with two attached hydrogens (primary N) is 1. The standard InChI is InChI=1S/C16H19F2N7.C3H6OS/c17-16(18)11(20)3-4-14-21-7-13(24-14)12-6-15(23-9-22-12)25-5-1-2-10(19)8-25;5-3-1-4-2-3/h3-4,6-7,9-10,16,20H,1-2,5,8,19H2,(H,21,24);3,5H,1-2H2/b4-3-,20-11?;. The van der Waals surface area contributed by atoms with Gasteiger partial charge in [-0.15, -0.1) is 0 Å². The number of rotatable bonds is 5. The molecule has 30 heavy (non-hydrogen) atoms. The Kier molecular flexibility index (Phi) is 7.88. The molecule has 0 saturated carbocycles. The number of anilines is 1. The molecule has 4 N–H and O–H groups in total. The average Bonchev–Trinajstić information content (AvgIpc) is 3.20. The molecule has 2 aliphatic rings. The summed E-state index contributed by atoms with van der Waals surface area (Å²) in [7, 11) is 0. The van der Waals surface area contributed by atoms with Gasteiger partial charge in [-0.25, -0.2) is 23.7 Å². The Morgan fingerprint density at radius 1 is 1.37 bits per heavy atom. The van der Waals surface area contributed by atoms with Crippen LogP contribution in [0.2, 0.25) is 0 Å². The Labute approximate surface area is 178 Å². The summed E-state index contributed by atoms with van der Waals surface area (Å²) in [6.07, 6.45) is 4.64. The van der Waals surface area contributed by atoms with Crippen molar-refractivity contribution in [1.82, 2.24) is 19.9 Å². The van der Waals surface area contributed by atoms with Gasteiger partial charge in [0.05, 0.1) is 36.5 Å². The van der Waals surface area contributed by atoms with E-state index in [4.69, 9.17) is 15.9 Å². The Morgan fingerprint density at radius 2 is 2.13 bits per heavy atom. The van der Waals surface area contributed by atoms with Crippen molar-refractivity contribution in [3.8, 4) is 11.4 Å². The Morgan fingerprint density at radius 3 is 2.77 bits per heavy atom. The lowest BCUT2D eigenvalue weighted by Crippen LogP contribution is -2.43. The van der Waals surface area contributed by atoms with Gasteiger partial charge >= 0.3 is 0 Å². The number of halogens is 2. The Hall–Kier alpha value is -2.37. The van der Waals surface area contributed by atoms with E-state index in [1.54, 1.807) is 6.20 Å². The van der Waals surface area contributed by atoms with Crippen molar-refractivity contribution in [2.24, 2.45) is 5.73 Å². The zero-order valence-corrected chi connectivity index (χ0v) is 17.2. The van der Waals surface area contributed by atoms with Crippen molar-refractivity contribution in [3.63, 3.8) is 0 Å². The molecule has 1 atom stereocenters. The predicted molar refractivity (Wildman–Crippen MR) is 115 cm³/mol. The first-order valence-corrected chi connectivity index (χ1v) is 10.1. The molecular formula is C19H25F2N7OS. The number of aromatic nitrogens is 4. The van der Waals surface area contributed by atoms with E-state index in [1.165, 1.54) is 12.4 Å². The normalized spacial score (nSPS) is 19.5. The molecule has 4 heterocycles. The highest BCUT2D eigenvalue weighted by Crippen LogP contribution is 2.22. The minimum Gasteiger partial charge on any atom is -0.379 e. The van der Waals surface area contributed by atoms with Gasteiger partial charge in [-0.3, -0.25) is 5.41 Å². The molecule has 0 aromatic carbocycles. The van der Waals surface area contributed by atoms with E-state index in [9.17, 15) is 8.78 Å². The van der Waals surface area contributed by atoms with Crippen molar-refractivity contribution in [1.29, 1.82) is 5.41 Å². The van der Waals surface area contributed by atoms with E-state index in [2.05, 4.69) is 37.5 Å². The van der Waals surface area contributed by atoms with Gasteiger partial charge in [0.1, 0.15) is 18.0 Å². The van der Waals surface area contributed by atoms with Crippen molar-refractivity contribution in [3.05, 3.63) is 30.5 Å². The summed E-state index contributed by atoms with van der Waals surface area (Å²) >= 11 is 4.06. The van der Waals surface area contributed by atoms with Crippen LogP contribution < -0.4 is 10.6 Å². The van der Waals surface area contributed by atoms with Crippen LogP contribution in [0.5, 0.6) is 0 Å². The third-order valence-electron chi connectivity index (χ3n) is 4.58. The number of alkyl halides is 2. The average molecular weight is 438 g/mol. The molecule has 2 aliphatic heterocycles. The summed E-state index contributed by atoms with van der Waals surface area (Å²) in [6, 6.07) is 1.99. The maximum atomic E-state index is 12.3. The summed E-state index contributed by atoms with van der Waals surface area (Å²) in [5.74, 6) is 1.17. The molecular weight excluding hydrogens is 412 g/mol. The number of imidazole rings is 1. The second-order valence-corrected chi connectivity index (χ2v) is 7.80. The zero-order chi connectivity index (χ0) is 21.5.